The van der Waals surface area contributed by atoms with Gasteiger partial charge in [0.2, 0.25) is 0 Å². The van der Waals surface area contributed by atoms with Gasteiger partial charge in [0.1, 0.15) is 11.6 Å². The molecule has 2 bridgehead atoms. The Morgan fingerprint density at radius 2 is 1.78 bits per heavy atom. The fourth-order valence-corrected chi connectivity index (χ4v) is 2.82. The Kier molecular flexibility index (Phi) is 2.95. The minimum absolute atomic E-state index is 0.0742. The Morgan fingerprint density at radius 3 is 2.44 bits per heavy atom. The van der Waals surface area contributed by atoms with E-state index in [4.69, 9.17) is 4.74 Å². The van der Waals surface area contributed by atoms with Crippen LogP contribution in [0.2, 0.25) is 0 Å². The number of anilines is 1. The van der Waals surface area contributed by atoms with Crippen molar-refractivity contribution in [2.24, 2.45) is 0 Å². The lowest BCUT2D eigenvalue weighted by Crippen LogP contribution is -2.58. The number of rotatable bonds is 1. The van der Waals surface area contributed by atoms with Crippen LogP contribution in [0.5, 0.6) is 0 Å². The average Bonchev–Trinajstić information content (AvgIpc) is 2.30. The van der Waals surface area contributed by atoms with Gasteiger partial charge in [0.15, 0.2) is 0 Å². The van der Waals surface area contributed by atoms with Gasteiger partial charge in [0.05, 0.1) is 17.9 Å². The first kappa shape index (κ1) is 11.9. The molecule has 0 saturated carbocycles. The summed E-state index contributed by atoms with van der Waals surface area (Å²) >= 11 is 0. The van der Waals surface area contributed by atoms with Gasteiger partial charge in [-0.1, -0.05) is 0 Å². The van der Waals surface area contributed by atoms with E-state index in [0.717, 1.165) is 19.2 Å². The highest BCUT2D eigenvalue weighted by Crippen LogP contribution is 2.26. The van der Waals surface area contributed by atoms with Crippen molar-refractivity contribution in [3.63, 3.8) is 0 Å². The van der Waals surface area contributed by atoms with Crippen LogP contribution in [-0.4, -0.2) is 50.3 Å². The van der Waals surface area contributed by atoms with Crippen LogP contribution in [0.4, 0.5) is 14.5 Å². The molecule has 5 heteroatoms. The molecular weight excluding hydrogens is 238 g/mol. The third-order valence-electron chi connectivity index (χ3n) is 3.51. The van der Waals surface area contributed by atoms with E-state index in [2.05, 4.69) is 11.9 Å². The van der Waals surface area contributed by atoms with Gasteiger partial charge in [-0.15, -0.1) is 0 Å². The normalized spacial score (nSPS) is 28.5. The minimum Gasteiger partial charge on any atom is -0.369 e. The first-order valence-corrected chi connectivity index (χ1v) is 6.16. The second-order valence-corrected chi connectivity index (χ2v) is 5.10. The summed E-state index contributed by atoms with van der Waals surface area (Å²) in [7, 11) is 2.06. The lowest BCUT2D eigenvalue weighted by atomic mass is 10.1. The van der Waals surface area contributed by atoms with Gasteiger partial charge in [0, 0.05) is 32.2 Å². The first-order chi connectivity index (χ1) is 8.61. The summed E-state index contributed by atoms with van der Waals surface area (Å²) in [5.41, 5.74) is 0.345. The molecule has 0 aliphatic carbocycles. The molecule has 2 fully saturated rings. The predicted octanol–water partition coefficient (Wildman–Crippen LogP) is 1.48. The largest absolute Gasteiger partial charge is 0.369 e. The zero-order valence-corrected chi connectivity index (χ0v) is 10.3. The second-order valence-electron chi connectivity index (χ2n) is 5.10. The van der Waals surface area contributed by atoms with Crippen LogP contribution < -0.4 is 4.90 Å². The highest BCUT2D eigenvalue weighted by atomic mass is 19.1. The van der Waals surface area contributed by atoms with Gasteiger partial charge in [-0.25, -0.2) is 8.78 Å². The van der Waals surface area contributed by atoms with E-state index in [9.17, 15) is 8.78 Å². The lowest BCUT2D eigenvalue weighted by Gasteiger charge is -2.45. The van der Waals surface area contributed by atoms with Gasteiger partial charge in [-0.2, -0.15) is 0 Å². The Hall–Kier alpha value is -1.20. The smallest absolute Gasteiger partial charge is 0.146 e. The van der Waals surface area contributed by atoms with Crippen LogP contribution >= 0.6 is 0 Å². The fraction of sp³-hybridized carbons (Fsp3) is 0.538. The van der Waals surface area contributed by atoms with Crippen LogP contribution in [0.15, 0.2) is 18.2 Å². The molecule has 98 valence electrons. The maximum atomic E-state index is 13.7. The van der Waals surface area contributed by atoms with Crippen molar-refractivity contribution in [2.75, 3.05) is 38.1 Å². The lowest BCUT2D eigenvalue weighted by molar-refractivity contribution is -0.0876. The standard InChI is InChI=1S/C13H16F2N2O/c1-16-5-10-7-17(8-11(6-16)18-10)13-4-9(14)2-3-12(13)15/h2-4,10-11H,5-8H2,1H3. The molecule has 2 atom stereocenters. The van der Waals surface area contributed by atoms with Crippen molar-refractivity contribution in [3.8, 4) is 0 Å². The Balaban J connectivity index is 1.83. The Morgan fingerprint density at radius 1 is 1.11 bits per heavy atom. The number of ether oxygens (including phenoxy) is 1. The molecule has 2 aliphatic rings. The number of halogens is 2. The van der Waals surface area contributed by atoms with Crippen molar-refractivity contribution in [1.82, 2.24) is 4.90 Å². The van der Waals surface area contributed by atoms with E-state index < -0.39 is 5.82 Å². The van der Waals surface area contributed by atoms with E-state index >= 15 is 0 Å². The van der Waals surface area contributed by atoms with E-state index in [0.29, 0.717) is 18.8 Å². The summed E-state index contributed by atoms with van der Waals surface area (Å²) in [6.45, 7) is 2.90. The number of hydrogen-bond donors (Lipinski definition) is 0. The van der Waals surface area contributed by atoms with E-state index in [1.807, 2.05) is 4.90 Å². The average molecular weight is 254 g/mol. The second kappa shape index (κ2) is 4.48. The van der Waals surface area contributed by atoms with Crippen molar-refractivity contribution < 1.29 is 13.5 Å². The van der Waals surface area contributed by atoms with Crippen LogP contribution in [0, 0.1) is 11.6 Å². The SMILES string of the molecule is CN1CC2CN(c3cc(F)ccc3F)CC(C1)O2. The first-order valence-electron chi connectivity index (χ1n) is 6.16. The number of fused-ring (bicyclic) bond motifs is 2. The summed E-state index contributed by atoms with van der Waals surface area (Å²) in [5, 5.41) is 0. The molecule has 2 heterocycles. The molecule has 3 rings (SSSR count). The quantitative estimate of drug-likeness (QED) is 0.755. The number of benzene rings is 1. The maximum Gasteiger partial charge on any atom is 0.146 e. The maximum absolute atomic E-state index is 13.7. The molecule has 3 nitrogen and oxygen atoms in total. The Labute approximate surface area is 105 Å². The highest BCUT2D eigenvalue weighted by molar-refractivity contribution is 5.48. The Bertz CT molecular complexity index is 437. The summed E-state index contributed by atoms with van der Waals surface area (Å²) in [6.07, 6.45) is 0.148. The molecule has 2 saturated heterocycles. The zero-order chi connectivity index (χ0) is 12.7. The summed E-state index contributed by atoms with van der Waals surface area (Å²) in [6, 6.07) is 3.59. The van der Waals surface area contributed by atoms with Crippen molar-refractivity contribution >= 4 is 5.69 Å². The van der Waals surface area contributed by atoms with Crippen molar-refractivity contribution in [3.05, 3.63) is 29.8 Å². The predicted molar refractivity (Wildman–Crippen MR) is 64.7 cm³/mol. The van der Waals surface area contributed by atoms with Gasteiger partial charge >= 0.3 is 0 Å². The fourth-order valence-electron chi connectivity index (χ4n) is 2.82. The van der Waals surface area contributed by atoms with Crippen LogP contribution in [0.25, 0.3) is 0 Å². The van der Waals surface area contributed by atoms with Gasteiger partial charge in [-0.05, 0) is 19.2 Å². The van der Waals surface area contributed by atoms with Crippen LogP contribution in [0.3, 0.4) is 0 Å². The zero-order valence-electron chi connectivity index (χ0n) is 10.3. The summed E-state index contributed by atoms with van der Waals surface area (Å²) in [5.74, 6) is -0.773. The number of morpholine rings is 2. The topological polar surface area (TPSA) is 15.7 Å². The van der Waals surface area contributed by atoms with E-state index in [1.165, 1.54) is 12.1 Å². The molecule has 1 aromatic rings. The molecule has 0 radical (unpaired) electrons. The van der Waals surface area contributed by atoms with Gasteiger partial charge in [-0.3, -0.25) is 0 Å². The summed E-state index contributed by atoms with van der Waals surface area (Å²) < 4.78 is 32.8. The summed E-state index contributed by atoms with van der Waals surface area (Å²) in [4.78, 5) is 4.11. The molecule has 0 amide bonds. The minimum atomic E-state index is -0.403. The molecule has 0 spiro atoms. The third-order valence-corrected chi connectivity index (χ3v) is 3.51. The van der Waals surface area contributed by atoms with Gasteiger partial charge < -0.3 is 14.5 Å². The van der Waals surface area contributed by atoms with Gasteiger partial charge in [0.25, 0.3) is 0 Å². The number of likely N-dealkylation sites (N-methyl/N-ethyl adjacent to an activating group) is 1. The number of nitrogens with zero attached hydrogens (tertiary/aromatic N) is 2. The van der Waals surface area contributed by atoms with Crippen molar-refractivity contribution in [2.45, 2.75) is 12.2 Å². The molecule has 0 aromatic heterocycles. The van der Waals surface area contributed by atoms with Crippen LogP contribution in [-0.2, 0) is 4.74 Å². The van der Waals surface area contributed by atoms with Crippen LogP contribution in [0.1, 0.15) is 0 Å². The third kappa shape index (κ3) is 2.20. The molecule has 18 heavy (non-hydrogen) atoms. The van der Waals surface area contributed by atoms with E-state index in [-0.39, 0.29) is 18.0 Å². The van der Waals surface area contributed by atoms with E-state index in [1.54, 1.807) is 0 Å². The number of hydrogen-bond acceptors (Lipinski definition) is 3. The van der Waals surface area contributed by atoms with Crippen molar-refractivity contribution in [1.29, 1.82) is 0 Å². The molecular formula is C13H16F2N2O. The highest BCUT2D eigenvalue weighted by Gasteiger charge is 2.34. The molecule has 0 N–H and O–H groups in total. The molecule has 1 aromatic carbocycles. The molecule has 2 unspecified atom stereocenters. The molecule has 2 aliphatic heterocycles. The monoisotopic (exact) mass is 254 g/mol.